The lowest BCUT2D eigenvalue weighted by molar-refractivity contribution is 0.0792. The maximum Gasteiger partial charge on any atom is 0.256 e. The number of benzene rings is 1. The van der Waals surface area contributed by atoms with Crippen molar-refractivity contribution in [2.75, 3.05) is 25.0 Å². The molecule has 2 aromatic rings. The highest BCUT2D eigenvalue weighted by Crippen LogP contribution is 2.31. The predicted molar refractivity (Wildman–Crippen MR) is 91.1 cm³/mol. The molecule has 0 saturated heterocycles. The van der Waals surface area contributed by atoms with Crippen LogP contribution < -0.4 is 4.90 Å². The second kappa shape index (κ2) is 6.77. The molecule has 120 valence electrons. The first kappa shape index (κ1) is 15.5. The molecule has 5 nitrogen and oxygen atoms in total. The third-order valence-electron chi connectivity index (χ3n) is 4.21. The van der Waals surface area contributed by atoms with Crippen LogP contribution >= 0.6 is 0 Å². The number of carbonyl (C=O) groups excluding carboxylic acids is 1. The molecule has 0 N–H and O–H groups in total. The van der Waals surface area contributed by atoms with Crippen LogP contribution in [0.2, 0.25) is 0 Å². The molecule has 2 heterocycles. The van der Waals surface area contributed by atoms with Crippen molar-refractivity contribution in [1.82, 2.24) is 14.9 Å². The molecule has 0 bridgehead atoms. The van der Waals surface area contributed by atoms with Gasteiger partial charge in [0.25, 0.3) is 5.91 Å². The van der Waals surface area contributed by atoms with Gasteiger partial charge in [-0.15, -0.1) is 0 Å². The van der Waals surface area contributed by atoms with Gasteiger partial charge in [0.2, 0.25) is 5.95 Å². The molecule has 1 amide bonds. The Hall–Kier alpha value is -2.43. The van der Waals surface area contributed by atoms with E-state index in [1.165, 1.54) is 5.56 Å². The van der Waals surface area contributed by atoms with E-state index in [0.29, 0.717) is 11.5 Å². The molecule has 5 heteroatoms. The molecule has 0 spiro atoms. The molecule has 1 aromatic heterocycles. The first-order valence-corrected chi connectivity index (χ1v) is 8.13. The molecule has 1 aromatic carbocycles. The number of carbonyl (C=O) groups is 1. The van der Waals surface area contributed by atoms with Gasteiger partial charge in [-0.3, -0.25) is 4.79 Å². The van der Waals surface area contributed by atoms with E-state index in [-0.39, 0.29) is 5.91 Å². The van der Waals surface area contributed by atoms with Crippen LogP contribution in [-0.2, 0) is 6.42 Å². The molecule has 1 aliphatic rings. The highest BCUT2D eigenvalue weighted by molar-refractivity contribution is 5.93. The van der Waals surface area contributed by atoms with Crippen LogP contribution in [0.3, 0.4) is 0 Å². The summed E-state index contributed by atoms with van der Waals surface area (Å²) in [4.78, 5) is 25.0. The Bertz CT molecular complexity index is 684. The van der Waals surface area contributed by atoms with Crippen molar-refractivity contribution in [3.8, 4) is 0 Å². The molecule has 0 fully saturated rings. The van der Waals surface area contributed by atoms with Gasteiger partial charge >= 0.3 is 0 Å². The van der Waals surface area contributed by atoms with Crippen molar-refractivity contribution in [2.45, 2.75) is 26.2 Å². The molecule has 0 atom stereocenters. The summed E-state index contributed by atoms with van der Waals surface area (Å²) in [7, 11) is 1.82. The molecule has 0 aliphatic carbocycles. The Morgan fingerprint density at radius 3 is 2.74 bits per heavy atom. The summed E-state index contributed by atoms with van der Waals surface area (Å²) >= 11 is 0. The maximum atomic E-state index is 12.3. The molecule has 0 saturated carbocycles. The fourth-order valence-corrected chi connectivity index (χ4v) is 2.83. The van der Waals surface area contributed by atoms with Gasteiger partial charge in [0.1, 0.15) is 0 Å². The van der Waals surface area contributed by atoms with Gasteiger partial charge in [0, 0.05) is 38.2 Å². The van der Waals surface area contributed by atoms with Gasteiger partial charge in [-0.05, 0) is 24.5 Å². The standard InChI is InChI=1S/C18H22N4O/c1-3-4-10-21(2)17(23)15-12-19-18(20-13-15)22-11-9-14-7-5-6-8-16(14)22/h5-8,12-13H,3-4,9-11H2,1-2H3. The Kier molecular flexibility index (Phi) is 4.55. The van der Waals surface area contributed by atoms with E-state index >= 15 is 0 Å². The molecule has 3 rings (SSSR count). The van der Waals surface area contributed by atoms with E-state index in [1.807, 2.05) is 13.1 Å². The highest BCUT2D eigenvalue weighted by Gasteiger charge is 2.22. The van der Waals surface area contributed by atoms with Gasteiger partial charge in [0.15, 0.2) is 0 Å². The molecule has 0 radical (unpaired) electrons. The van der Waals surface area contributed by atoms with Crippen molar-refractivity contribution >= 4 is 17.5 Å². The fraction of sp³-hybridized carbons (Fsp3) is 0.389. The second-order valence-corrected chi connectivity index (χ2v) is 5.88. The lowest BCUT2D eigenvalue weighted by atomic mass is 10.2. The van der Waals surface area contributed by atoms with Gasteiger partial charge in [-0.25, -0.2) is 9.97 Å². The van der Waals surface area contributed by atoms with Crippen molar-refractivity contribution in [3.63, 3.8) is 0 Å². The Labute approximate surface area is 137 Å². The van der Waals surface area contributed by atoms with Crippen molar-refractivity contribution in [3.05, 3.63) is 47.8 Å². The molecular weight excluding hydrogens is 288 g/mol. The monoisotopic (exact) mass is 310 g/mol. The lowest BCUT2D eigenvalue weighted by Gasteiger charge is -2.18. The number of unbranched alkanes of at least 4 members (excludes halogenated alkanes) is 1. The zero-order valence-electron chi connectivity index (χ0n) is 13.7. The Morgan fingerprint density at radius 1 is 1.26 bits per heavy atom. The highest BCUT2D eigenvalue weighted by atomic mass is 16.2. The number of aromatic nitrogens is 2. The molecule has 1 aliphatic heterocycles. The summed E-state index contributed by atoms with van der Waals surface area (Å²) < 4.78 is 0. The van der Waals surface area contributed by atoms with Crippen LogP contribution in [0.15, 0.2) is 36.7 Å². The van der Waals surface area contributed by atoms with Gasteiger partial charge in [-0.2, -0.15) is 0 Å². The van der Waals surface area contributed by atoms with Gasteiger partial charge in [-0.1, -0.05) is 31.5 Å². The lowest BCUT2D eigenvalue weighted by Crippen LogP contribution is -2.28. The number of nitrogens with zero attached hydrogens (tertiary/aromatic N) is 4. The normalized spacial score (nSPS) is 13.0. The summed E-state index contributed by atoms with van der Waals surface area (Å²) in [5, 5.41) is 0. The minimum atomic E-state index is -0.0215. The van der Waals surface area contributed by atoms with Crippen molar-refractivity contribution in [1.29, 1.82) is 0 Å². The zero-order chi connectivity index (χ0) is 16.2. The Balaban J connectivity index is 1.74. The topological polar surface area (TPSA) is 49.3 Å². The van der Waals surface area contributed by atoms with Gasteiger partial charge < -0.3 is 9.80 Å². The predicted octanol–water partition coefficient (Wildman–Crippen LogP) is 3.04. The summed E-state index contributed by atoms with van der Waals surface area (Å²) in [6.07, 6.45) is 6.34. The third-order valence-corrected chi connectivity index (χ3v) is 4.21. The number of fused-ring (bicyclic) bond motifs is 1. The van der Waals surface area contributed by atoms with E-state index in [0.717, 1.165) is 38.0 Å². The minimum absolute atomic E-state index is 0.0215. The zero-order valence-corrected chi connectivity index (χ0v) is 13.7. The van der Waals surface area contributed by atoms with Gasteiger partial charge in [0.05, 0.1) is 5.56 Å². The van der Waals surface area contributed by atoms with Crippen molar-refractivity contribution in [2.24, 2.45) is 0 Å². The van der Waals surface area contributed by atoms with E-state index in [1.54, 1.807) is 17.3 Å². The smallest absolute Gasteiger partial charge is 0.256 e. The van der Waals surface area contributed by atoms with E-state index < -0.39 is 0 Å². The Morgan fingerprint density at radius 2 is 2.00 bits per heavy atom. The summed E-state index contributed by atoms with van der Waals surface area (Å²) in [6.45, 7) is 3.75. The van der Waals surface area contributed by atoms with Crippen LogP contribution in [0.4, 0.5) is 11.6 Å². The SMILES string of the molecule is CCCCN(C)C(=O)c1cnc(N2CCc3ccccc32)nc1. The van der Waals surface area contributed by atoms with Crippen LogP contribution in [0.25, 0.3) is 0 Å². The van der Waals surface area contributed by atoms with Crippen LogP contribution in [0, 0.1) is 0 Å². The molecule has 23 heavy (non-hydrogen) atoms. The second-order valence-electron chi connectivity index (χ2n) is 5.88. The third kappa shape index (κ3) is 3.18. The van der Waals surface area contributed by atoms with Crippen LogP contribution in [0.5, 0.6) is 0 Å². The average Bonchev–Trinajstić information content (AvgIpc) is 3.03. The first-order valence-electron chi connectivity index (χ1n) is 8.13. The number of hydrogen-bond donors (Lipinski definition) is 0. The number of para-hydroxylation sites is 1. The minimum Gasteiger partial charge on any atom is -0.342 e. The number of hydrogen-bond acceptors (Lipinski definition) is 4. The fourth-order valence-electron chi connectivity index (χ4n) is 2.83. The number of anilines is 2. The van der Waals surface area contributed by atoms with Crippen LogP contribution in [0.1, 0.15) is 35.7 Å². The van der Waals surface area contributed by atoms with Crippen molar-refractivity contribution < 1.29 is 4.79 Å². The number of amides is 1. The largest absolute Gasteiger partial charge is 0.342 e. The quantitative estimate of drug-likeness (QED) is 0.851. The number of rotatable bonds is 5. The summed E-state index contributed by atoms with van der Waals surface area (Å²) in [6, 6.07) is 8.30. The molecule has 0 unspecified atom stereocenters. The summed E-state index contributed by atoms with van der Waals surface area (Å²) in [5.74, 6) is 0.634. The van der Waals surface area contributed by atoms with E-state index in [9.17, 15) is 4.79 Å². The van der Waals surface area contributed by atoms with Crippen LogP contribution in [-0.4, -0.2) is 40.9 Å². The maximum absolute atomic E-state index is 12.3. The summed E-state index contributed by atoms with van der Waals surface area (Å²) in [5.41, 5.74) is 3.02. The first-order chi connectivity index (χ1) is 11.2. The molecular formula is C18H22N4O. The van der Waals surface area contributed by atoms with E-state index in [4.69, 9.17) is 0 Å². The van der Waals surface area contributed by atoms with E-state index in [2.05, 4.69) is 40.0 Å². The average molecular weight is 310 g/mol.